The molecule has 1 aromatic carbocycles. The Morgan fingerprint density at radius 3 is 2.65 bits per heavy atom. The van der Waals surface area contributed by atoms with Crippen molar-refractivity contribution in [2.75, 3.05) is 12.5 Å². The minimum Gasteiger partial charge on any atom is -0.277 e. The molecule has 0 atom stereocenters. The van der Waals surface area contributed by atoms with Crippen LogP contribution in [0.3, 0.4) is 0 Å². The summed E-state index contributed by atoms with van der Waals surface area (Å²) in [6.45, 7) is 5.71. The van der Waals surface area contributed by atoms with Crippen molar-refractivity contribution in [2.45, 2.75) is 6.92 Å². The van der Waals surface area contributed by atoms with Gasteiger partial charge in [0.2, 0.25) is 0 Å². The second kappa shape index (κ2) is 7.55. The van der Waals surface area contributed by atoms with Crippen LogP contribution < -0.4 is 5.43 Å². The van der Waals surface area contributed by atoms with Crippen molar-refractivity contribution in [1.29, 1.82) is 0 Å². The molecule has 1 aromatic heterocycles. The summed E-state index contributed by atoms with van der Waals surface area (Å²) >= 11 is 6.14. The Labute approximate surface area is 139 Å². The molecule has 0 bridgehead atoms. The van der Waals surface area contributed by atoms with E-state index in [1.165, 1.54) is 4.68 Å². The lowest BCUT2D eigenvalue weighted by Gasteiger charge is -2.14. The van der Waals surface area contributed by atoms with Crippen molar-refractivity contribution in [1.82, 2.24) is 25.2 Å². The first-order valence-electron chi connectivity index (χ1n) is 6.86. The lowest BCUT2D eigenvalue weighted by Crippen LogP contribution is -2.25. The first-order chi connectivity index (χ1) is 11.0. The molecule has 2 rings (SSSR count). The summed E-state index contributed by atoms with van der Waals surface area (Å²) in [5.41, 5.74) is 5.51. The fourth-order valence-corrected chi connectivity index (χ4v) is 2.16. The third kappa shape index (κ3) is 4.40. The predicted molar refractivity (Wildman–Crippen MR) is 92.7 cm³/mol. The highest BCUT2D eigenvalue weighted by atomic mass is 35.5. The number of allylic oxidation sites excluding steroid dienone is 3. The summed E-state index contributed by atoms with van der Waals surface area (Å²) in [6.07, 6.45) is 1.62. The van der Waals surface area contributed by atoms with Crippen LogP contribution in [-0.2, 0) is 7.05 Å². The van der Waals surface area contributed by atoms with Gasteiger partial charge in [0.15, 0.2) is 0 Å². The average molecular weight is 332 g/mol. The Hall–Kier alpha value is -2.67. The maximum atomic E-state index is 6.14. The molecule has 0 amide bonds. The molecule has 1 N–H and O–H groups in total. The molecule has 0 saturated carbocycles. The summed E-state index contributed by atoms with van der Waals surface area (Å²) in [7, 11) is 3.53. The van der Waals surface area contributed by atoms with Crippen molar-refractivity contribution in [3.05, 3.63) is 53.2 Å². The van der Waals surface area contributed by atoms with Gasteiger partial charge in [-0.1, -0.05) is 53.6 Å². The van der Waals surface area contributed by atoms with Crippen molar-refractivity contribution in [2.24, 2.45) is 12.0 Å². The standard InChI is InChI=1S/C15H18ClN7/c1-11(16)14(13-8-6-5-7-9-13)12(2)17-10-22(3)19-15-18-20-21-23(15)4/h5-10H,1H2,2-4H3,(H,18,19,21)/b14-12-,17-10?. The minimum atomic E-state index is 0.443. The summed E-state index contributed by atoms with van der Waals surface area (Å²) in [6, 6.07) is 9.77. The van der Waals surface area contributed by atoms with Crippen molar-refractivity contribution < 1.29 is 0 Å². The maximum Gasteiger partial charge on any atom is 0.261 e. The largest absolute Gasteiger partial charge is 0.277 e. The van der Waals surface area contributed by atoms with E-state index >= 15 is 0 Å². The monoisotopic (exact) mass is 331 g/mol. The number of halogens is 1. The van der Waals surface area contributed by atoms with Gasteiger partial charge in [-0.05, 0) is 22.9 Å². The van der Waals surface area contributed by atoms with Crippen LogP contribution in [0.15, 0.2) is 52.6 Å². The molecular weight excluding hydrogens is 314 g/mol. The topological polar surface area (TPSA) is 71.2 Å². The van der Waals surface area contributed by atoms with Gasteiger partial charge >= 0.3 is 0 Å². The van der Waals surface area contributed by atoms with E-state index in [0.29, 0.717) is 11.0 Å². The van der Waals surface area contributed by atoms with Gasteiger partial charge in [0.05, 0.1) is 0 Å². The van der Waals surface area contributed by atoms with Gasteiger partial charge in [0.25, 0.3) is 5.95 Å². The van der Waals surface area contributed by atoms with Crippen LogP contribution >= 0.6 is 11.6 Å². The summed E-state index contributed by atoms with van der Waals surface area (Å²) in [4.78, 5) is 4.43. The number of hydrazine groups is 1. The van der Waals surface area contributed by atoms with Gasteiger partial charge in [0.1, 0.15) is 6.34 Å². The Balaban J connectivity index is 2.18. The molecule has 2 aromatic rings. The van der Waals surface area contributed by atoms with E-state index in [9.17, 15) is 0 Å². The zero-order chi connectivity index (χ0) is 16.8. The molecule has 0 aliphatic rings. The second-order valence-corrected chi connectivity index (χ2v) is 5.28. The predicted octanol–water partition coefficient (Wildman–Crippen LogP) is 2.68. The van der Waals surface area contributed by atoms with Gasteiger partial charge in [-0.3, -0.25) is 10.4 Å². The minimum absolute atomic E-state index is 0.443. The molecule has 8 heteroatoms. The lowest BCUT2D eigenvalue weighted by molar-refractivity contribution is 0.600. The normalized spacial score (nSPS) is 12.2. The Bertz CT molecular complexity index is 733. The molecule has 0 saturated heterocycles. The van der Waals surface area contributed by atoms with Crippen LogP contribution in [0.1, 0.15) is 12.5 Å². The number of hydrogen-bond acceptors (Lipinski definition) is 5. The number of rotatable bonds is 6. The highest BCUT2D eigenvalue weighted by molar-refractivity contribution is 6.36. The first kappa shape index (κ1) is 16.7. The smallest absolute Gasteiger partial charge is 0.261 e. The van der Waals surface area contributed by atoms with Gasteiger partial charge in [-0.25, -0.2) is 9.67 Å². The Morgan fingerprint density at radius 2 is 2.09 bits per heavy atom. The molecule has 0 aliphatic heterocycles. The van der Waals surface area contributed by atoms with Gasteiger partial charge < -0.3 is 0 Å². The number of aliphatic imine (C=N–C) groups is 1. The highest BCUT2D eigenvalue weighted by Crippen LogP contribution is 2.28. The van der Waals surface area contributed by atoms with Gasteiger partial charge in [-0.2, -0.15) is 0 Å². The first-order valence-corrected chi connectivity index (χ1v) is 7.24. The zero-order valence-corrected chi connectivity index (χ0v) is 14.0. The van der Waals surface area contributed by atoms with Crippen molar-refractivity contribution in [3.63, 3.8) is 0 Å². The van der Waals surface area contributed by atoms with Gasteiger partial charge in [0, 0.05) is 30.4 Å². The van der Waals surface area contributed by atoms with Crippen molar-refractivity contribution in [3.8, 4) is 0 Å². The number of aromatic nitrogens is 4. The molecule has 0 radical (unpaired) electrons. The molecule has 120 valence electrons. The number of nitrogens with zero attached hydrogens (tertiary/aromatic N) is 6. The number of hydrogen-bond donors (Lipinski definition) is 1. The molecule has 0 unspecified atom stereocenters. The number of anilines is 1. The van der Waals surface area contributed by atoms with E-state index in [1.54, 1.807) is 25.4 Å². The molecule has 23 heavy (non-hydrogen) atoms. The number of aryl methyl sites for hydroxylation is 1. The van der Waals surface area contributed by atoms with Crippen molar-refractivity contribution >= 4 is 29.5 Å². The number of tetrazole rings is 1. The van der Waals surface area contributed by atoms with E-state index in [1.807, 2.05) is 37.3 Å². The fraction of sp³-hybridized carbons (Fsp3) is 0.200. The summed E-state index contributed by atoms with van der Waals surface area (Å²) in [5, 5.41) is 13.2. The molecule has 1 heterocycles. The van der Waals surface area contributed by atoms with Crippen LogP contribution in [0.2, 0.25) is 0 Å². The Kier molecular flexibility index (Phi) is 5.48. The second-order valence-electron chi connectivity index (χ2n) is 4.82. The molecule has 0 fully saturated rings. The van der Waals surface area contributed by atoms with E-state index in [4.69, 9.17) is 11.6 Å². The molecular formula is C15H18ClN7. The number of nitrogens with one attached hydrogen (secondary N) is 1. The van der Waals surface area contributed by atoms with Crippen LogP contribution in [0.25, 0.3) is 5.57 Å². The third-order valence-corrected chi connectivity index (χ3v) is 3.21. The van der Waals surface area contributed by atoms with Gasteiger partial charge in [-0.15, -0.1) is 0 Å². The van der Waals surface area contributed by atoms with Crippen LogP contribution in [0.4, 0.5) is 5.95 Å². The van der Waals surface area contributed by atoms with Crippen LogP contribution in [0, 0.1) is 0 Å². The van der Waals surface area contributed by atoms with E-state index in [0.717, 1.165) is 16.8 Å². The molecule has 0 aliphatic carbocycles. The summed E-state index contributed by atoms with van der Waals surface area (Å²) < 4.78 is 1.52. The molecule has 7 nitrogen and oxygen atoms in total. The quantitative estimate of drug-likeness (QED) is 0.381. The fourth-order valence-electron chi connectivity index (χ4n) is 1.92. The number of benzene rings is 1. The average Bonchev–Trinajstić information content (AvgIpc) is 2.91. The molecule has 0 spiro atoms. The van der Waals surface area contributed by atoms with Crippen LogP contribution in [0.5, 0.6) is 0 Å². The maximum absolute atomic E-state index is 6.14. The third-order valence-electron chi connectivity index (χ3n) is 3.02. The summed E-state index contributed by atoms with van der Waals surface area (Å²) in [5.74, 6) is 0.505. The SMILES string of the molecule is C=C(Cl)/C(=C(\C)N=CN(C)Nc1nnnn1C)c1ccccc1. The highest BCUT2D eigenvalue weighted by Gasteiger charge is 2.08. The van der Waals surface area contributed by atoms with E-state index in [2.05, 4.69) is 32.5 Å². The van der Waals surface area contributed by atoms with E-state index < -0.39 is 0 Å². The lowest BCUT2D eigenvalue weighted by atomic mass is 10.0. The van der Waals surface area contributed by atoms with Crippen LogP contribution in [-0.4, -0.2) is 38.6 Å². The zero-order valence-electron chi connectivity index (χ0n) is 13.2. The van der Waals surface area contributed by atoms with E-state index in [-0.39, 0.29) is 0 Å². The Morgan fingerprint density at radius 1 is 1.39 bits per heavy atom.